The Labute approximate surface area is 151 Å². The molecule has 3 aromatic rings. The summed E-state index contributed by atoms with van der Waals surface area (Å²) in [6.07, 6.45) is 0.165. The molecule has 1 N–H and O–H groups in total. The smallest absolute Gasteiger partial charge is 0.322 e. The van der Waals surface area contributed by atoms with Crippen LogP contribution in [0.1, 0.15) is 11.1 Å². The second-order valence-corrected chi connectivity index (χ2v) is 8.28. The van der Waals surface area contributed by atoms with Crippen molar-refractivity contribution in [2.75, 3.05) is 0 Å². The van der Waals surface area contributed by atoms with E-state index in [1.807, 2.05) is 48.5 Å². The van der Waals surface area contributed by atoms with Gasteiger partial charge in [-0.3, -0.25) is 4.79 Å². The highest BCUT2D eigenvalue weighted by Crippen LogP contribution is 2.30. The first-order chi connectivity index (χ1) is 12.5. The number of carbonyl (C=O) groups is 1. The molecule has 26 heavy (non-hydrogen) atoms. The van der Waals surface area contributed by atoms with Gasteiger partial charge in [-0.1, -0.05) is 54.6 Å². The summed E-state index contributed by atoms with van der Waals surface area (Å²) >= 11 is 0. The molecule has 6 heteroatoms. The molecule has 132 valence electrons. The van der Waals surface area contributed by atoms with Gasteiger partial charge < -0.3 is 5.11 Å². The molecule has 0 aliphatic carbocycles. The quantitative estimate of drug-likeness (QED) is 0.772. The average Bonchev–Trinajstić information content (AvgIpc) is 2.66. The largest absolute Gasteiger partial charge is 0.480 e. The lowest BCUT2D eigenvalue weighted by Gasteiger charge is -2.33. The minimum Gasteiger partial charge on any atom is -0.480 e. The van der Waals surface area contributed by atoms with E-state index in [2.05, 4.69) is 0 Å². The number of carboxylic acid groups (broad SMARTS) is 1. The molecule has 5 nitrogen and oxygen atoms in total. The fraction of sp³-hybridized carbons (Fsp3) is 0.150. The molecule has 0 saturated carbocycles. The molecule has 0 aromatic heterocycles. The van der Waals surface area contributed by atoms with Crippen LogP contribution in [0.15, 0.2) is 71.6 Å². The number of rotatable bonds is 3. The molecular formula is C20H17NO4S. The van der Waals surface area contributed by atoms with Crippen molar-refractivity contribution in [3.05, 3.63) is 77.9 Å². The number of nitrogens with zero attached hydrogens (tertiary/aromatic N) is 1. The molecule has 0 radical (unpaired) electrons. The first-order valence-corrected chi connectivity index (χ1v) is 9.71. The first-order valence-electron chi connectivity index (χ1n) is 8.27. The second-order valence-electron chi connectivity index (χ2n) is 6.39. The number of fused-ring (bicyclic) bond motifs is 2. The van der Waals surface area contributed by atoms with Gasteiger partial charge in [0.25, 0.3) is 0 Å². The molecule has 0 saturated heterocycles. The molecule has 0 bridgehead atoms. The van der Waals surface area contributed by atoms with Crippen molar-refractivity contribution in [3.63, 3.8) is 0 Å². The number of aliphatic carboxylic acids is 1. The Morgan fingerprint density at radius 3 is 2.31 bits per heavy atom. The van der Waals surface area contributed by atoms with Crippen LogP contribution in [0.4, 0.5) is 0 Å². The van der Waals surface area contributed by atoms with Crippen LogP contribution in [0.2, 0.25) is 0 Å². The summed E-state index contributed by atoms with van der Waals surface area (Å²) in [6, 6.07) is 18.6. The summed E-state index contributed by atoms with van der Waals surface area (Å²) in [5, 5.41) is 11.3. The van der Waals surface area contributed by atoms with Gasteiger partial charge in [0.2, 0.25) is 10.0 Å². The molecule has 4 rings (SSSR count). The number of benzene rings is 3. The molecule has 1 atom stereocenters. The topological polar surface area (TPSA) is 74.7 Å². The van der Waals surface area contributed by atoms with Crippen LogP contribution in [0.3, 0.4) is 0 Å². The van der Waals surface area contributed by atoms with Crippen molar-refractivity contribution >= 4 is 26.8 Å². The van der Waals surface area contributed by atoms with E-state index < -0.39 is 22.0 Å². The van der Waals surface area contributed by atoms with Gasteiger partial charge in [0.15, 0.2) is 0 Å². The molecule has 1 aliphatic rings. The fourth-order valence-electron chi connectivity index (χ4n) is 3.43. The van der Waals surface area contributed by atoms with Gasteiger partial charge in [0.1, 0.15) is 6.04 Å². The molecule has 0 unspecified atom stereocenters. The molecule has 0 amide bonds. The average molecular weight is 367 g/mol. The van der Waals surface area contributed by atoms with Gasteiger partial charge in [-0.05, 0) is 34.0 Å². The standard InChI is InChI=1S/C20H17NO4S/c22-20(23)19-12-16-7-3-4-8-17(16)13-21(19)26(24,25)18-10-9-14-5-1-2-6-15(14)11-18/h1-11,19H,12-13H2,(H,22,23)/t19-/m0/s1. The van der Waals surface area contributed by atoms with E-state index in [-0.39, 0.29) is 17.9 Å². The third-order valence-electron chi connectivity index (χ3n) is 4.82. The highest BCUT2D eigenvalue weighted by Gasteiger charge is 2.39. The summed E-state index contributed by atoms with van der Waals surface area (Å²) in [4.78, 5) is 11.9. The number of hydrogen-bond donors (Lipinski definition) is 1. The van der Waals surface area contributed by atoms with Crippen molar-refractivity contribution in [1.82, 2.24) is 4.31 Å². The molecular weight excluding hydrogens is 350 g/mol. The number of sulfonamides is 1. The van der Waals surface area contributed by atoms with Crippen LogP contribution >= 0.6 is 0 Å². The Kier molecular flexibility index (Phi) is 4.01. The van der Waals surface area contributed by atoms with Gasteiger partial charge in [0.05, 0.1) is 4.90 Å². The van der Waals surface area contributed by atoms with E-state index in [0.29, 0.717) is 0 Å². The second kappa shape index (κ2) is 6.23. The lowest BCUT2D eigenvalue weighted by molar-refractivity contribution is -0.141. The van der Waals surface area contributed by atoms with Crippen LogP contribution in [0.25, 0.3) is 10.8 Å². The third kappa shape index (κ3) is 2.77. The number of hydrogen-bond acceptors (Lipinski definition) is 3. The van der Waals surface area contributed by atoms with E-state index in [0.717, 1.165) is 26.2 Å². The predicted molar refractivity (Wildman–Crippen MR) is 98.2 cm³/mol. The maximum absolute atomic E-state index is 13.2. The van der Waals surface area contributed by atoms with Gasteiger partial charge in [-0.15, -0.1) is 0 Å². The fourth-order valence-corrected chi connectivity index (χ4v) is 5.02. The predicted octanol–water partition coefficient (Wildman–Crippen LogP) is 3.04. The normalized spacial score (nSPS) is 17.8. The minimum atomic E-state index is -3.94. The van der Waals surface area contributed by atoms with Gasteiger partial charge in [-0.2, -0.15) is 4.31 Å². The number of carboxylic acids is 1. The maximum Gasteiger partial charge on any atom is 0.322 e. The van der Waals surface area contributed by atoms with Crippen LogP contribution in [-0.2, 0) is 27.8 Å². The molecule has 3 aromatic carbocycles. The Bertz CT molecular complexity index is 1110. The molecule has 1 heterocycles. The zero-order valence-corrected chi connectivity index (χ0v) is 14.7. The van der Waals surface area contributed by atoms with Crippen molar-refractivity contribution < 1.29 is 18.3 Å². The van der Waals surface area contributed by atoms with Gasteiger partial charge >= 0.3 is 5.97 Å². The Balaban J connectivity index is 1.81. The summed E-state index contributed by atoms with van der Waals surface area (Å²) in [6.45, 7) is 0.0578. The van der Waals surface area contributed by atoms with Crippen LogP contribution in [0.5, 0.6) is 0 Å². The van der Waals surface area contributed by atoms with Crippen molar-refractivity contribution in [2.45, 2.75) is 23.9 Å². The Morgan fingerprint density at radius 2 is 1.58 bits per heavy atom. The van der Waals surface area contributed by atoms with E-state index in [9.17, 15) is 18.3 Å². The summed E-state index contributed by atoms with van der Waals surface area (Å²) < 4.78 is 27.5. The minimum absolute atomic E-state index is 0.0578. The zero-order chi connectivity index (χ0) is 18.3. The lowest BCUT2D eigenvalue weighted by atomic mass is 9.96. The van der Waals surface area contributed by atoms with Crippen molar-refractivity contribution in [3.8, 4) is 0 Å². The third-order valence-corrected chi connectivity index (χ3v) is 6.67. The molecule has 1 aliphatic heterocycles. The van der Waals surface area contributed by atoms with Crippen LogP contribution < -0.4 is 0 Å². The van der Waals surface area contributed by atoms with Crippen LogP contribution in [0, 0.1) is 0 Å². The highest BCUT2D eigenvalue weighted by molar-refractivity contribution is 7.89. The molecule has 0 spiro atoms. The summed E-state index contributed by atoms with van der Waals surface area (Å²) in [5.41, 5.74) is 1.72. The van der Waals surface area contributed by atoms with Gasteiger partial charge in [0, 0.05) is 13.0 Å². The van der Waals surface area contributed by atoms with E-state index >= 15 is 0 Å². The van der Waals surface area contributed by atoms with E-state index in [4.69, 9.17) is 0 Å². The Hall–Kier alpha value is -2.70. The monoisotopic (exact) mass is 367 g/mol. The summed E-state index contributed by atoms with van der Waals surface area (Å²) in [7, 11) is -3.94. The summed E-state index contributed by atoms with van der Waals surface area (Å²) in [5.74, 6) is -1.14. The Morgan fingerprint density at radius 1 is 0.923 bits per heavy atom. The first kappa shape index (κ1) is 16.8. The van der Waals surface area contributed by atoms with Crippen molar-refractivity contribution in [2.24, 2.45) is 0 Å². The molecule has 0 fully saturated rings. The van der Waals surface area contributed by atoms with E-state index in [1.165, 1.54) is 6.07 Å². The zero-order valence-electron chi connectivity index (χ0n) is 13.9. The van der Waals surface area contributed by atoms with Gasteiger partial charge in [-0.25, -0.2) is 8.42 Å². The van der Waals surface area contributed by atoms with Crippen molar-refractivity contribution in [1.29, 1.82) is 0 Å². The lowest BCUT2D eigenvalue weighted by Crippen LogP contribution is -2.48. The van der Waals surface area contributed by atoms with E-state index in [1.54, 1.807) is 12.1 Å². The SMILES string of the molecule is O=C(O)[C@@H]1Cc2ccccc2CN1S(=O)(=O)c1ccc2ccccc2c1. The maximum atomic E-state index is 13.2. The van der Waals surface area contributed by atoms with Crippen LogP contribution in [-0.4, -0.2) is 29.8 Å². The highest BCUT2D eigenvalue weighted by atomic mass is 32.2.